The van der Waals surface area contributed by atoms with Crippen LogP contribution in [0.2, 0.25) is 0 Å². The van der Waals surface area contributed by atoms with Crippen LogP contribution in [0.25, 0.3) is 10.9 Å². The molecule has 3 aromatic rings. The fraction of sp³-hybridized carbons (Fsp3) is 0.0625. The lowest BCUT2D eigenvalue weighted by Crippen LogP contribution is -1.96. The van der Waals surface area contributed by atoms with Crippen molar-refractivity contribution in [1.29, 1.82) is 0 Å². The van der Waals surface area contributed by atoms with Gasteiger partial charge in [-0.3, -0.25) is 4.98 Å². The van der Waals surface area contributed by atoms with Crippen LogP contribution < -0.4 is 0 Å². The highest BCUT2D eigenvalue weighted by Crippen LogP contribution is 2.25. The Bertz CT molecular complexity index is 800. The normalized spacial score (nSPS) is 10.7. The Kier molecular flexibility index (Phi) is 3.83. The zero-order chi connectivity index (χ0) is 14.7. The van der Waals surface area contributed by atoms with Gasteiger partial charge in [0.05, 0.1) is 16.1 Å². The van der Waals surface area contributed by atoms with E-state index in [-0.39, 0.29) is 5.56 Å². The fourth-order valence-electron chi connectivity index (χ4n) is 2.05. The molecule has 104 valence electrons. The quantitative estimate of drug-likeness (QED) is 0.745. The second-order valence-corrected chi connectivity index (χ2v) is 5.46. The third-order valence-electron chi connectivity index (χ3n) is 3.10. The van der Waals surface area contributed by atoms with Crippen molar-refractivity contribution in [2.24, 2.45) is 0 Å². The Morgan fingerprint density at radius 3 is 2.76 bits per heavy atom. The van der Waals surface area contributed by atoms with Gasteiger partial charge < -0.3 is 5.11 Å². The van der Waals surface area contributed by atoms with Crippen molar-refractivity contribution in [3.05, 3.63) is 66.0 Å². The molecule has 0 spiro atoms. The predicted molar refractivity (Wildman–Crippen MR) is 82.5 cm³/mol. The molecule has 3 rings (SSSR count). The van der Waals surface area contributed by atoms with Gasteiger partial charge in [0.15, 0.2) is 0 Å². The Balaban J connectivity index is 1.84. The van der Waals surface area contributed by atoms with E-state index in [2.05, 4.69) is 9.97 Å². The van der Waals surface area contributed by atoms with Crippen molar-refractivity contribution in [3.8, 4) is 0 Å². The van der Waals surface area contributed by atoms with Crippen molar-refractivity contribution in [2.45, 2.75) is 10.8 Å². The SMILES string of the molecule is O=C(O)c1ccnc(SCc2ccnc3ccccc23)c1. The number of aromatic carboxylic acids is 1. The standard InChI is InChI=1S/C16H12N2O2S/c19-16(20)11-5-8-18-15(9-11)21-10-12-6-7-17-14-4-2-1-3-13(12)14/h1-9H,10H2,(H,19,20). The number of hydrogen-bond donors (Lipinski definition) is 1. The molecule has 5 heteroatoms. The minimum atomic E-state index is -0.936. The second kappa shape index (κ2) is 5.93. The molecule has 0 aliphatic heterocycles. The summed E-state index contributed by atoms with van der Waals surface area (Å²) in [6, 6.07) is 13.0. The summed E-state index contributed by atoms with van der Waals surface area (Å²) < 4.78 is 0. The van der Waals surface area contributed by atoms with Crippen LogP contribution >= 0.6 is 11.8 Å². The van der Waals surface area contributed by atoms with Crippen LogP contribution in [0.1, 0.15) is 15.9 Å². The number of carbonyl (C=O) groups is 1. The Morgan fingerprint density at radius 2 is 1.90 bits per heavy atom. The van der Waals surface area contributed by atoms with E-state index in [0.717, 1.165) is 22.2 Å². The number of para-hydroxylation sites is 1. The molecule has 0 aliphatic rings. The molecule has 1 N–H and O–H groups in total. The van der Waals surface area contributed by atoms with Crippen LogP contribution in [-0.4, -0.2) is 21.0 Å². The van der Waals surface area contributed by atoms with Gasteiger partial charge in [0, 0.05) is 23.5 Å². The number of hydrogen-bond acceptors (Lipinski definition) is 4. The molecule has 0 atom stereocenters. The first-order chi connectivity index (χ1) is 10.2. The molecule has 0 aliphatic carbocycles. The number of rotatable bonds is 4. The topological polar surface area (TPSA) is 63.1 Å². The molecule has 1 aromatic carbocycles. The molecule has 0 bridgehead atoms. The van der Waals surface area contributed by atoms with E-state index in [1.54, 1.807) is 12.3 Å². The Hall–Kier alpha value is -2.40. The summed E-state index contributed by atoms with van der Waals surface area (Å²) in [5, 5.41) is 10.8. The van der Waals surface area contributed by atoms with Gasteiger partial charge in [-0.15, -0.1) is 11.8 Å². The molecular formula is C16H12N2O2S. The lowest BCUT2D eigenvalue weighted by atomic mass is 10.1. The Morgan fingerprint density at radius 1 is 1.10 bits per heavy atom. The minimum absolute atomic E-state index is 0.257. The number of thioether (sulfide) groups is 1. The van der Waals surface area contributed by atoms with Crippen molar-refractivity contribution in [2.75, 3.05) is 0 Å². The van der Waals surface area contributed by atoms with E-state index in [1.165, 1.54) is 24.0 Å². The van der Waals surface area contributed by atoms with E-state index < -0.39 is 5.97 Å². The number of benzene rings is 1. The van der Waals surface area contributed by atoms with Crippen molar-refractivity contribution in [1.82, 2.24) is 9.97 Å². The first kappa shape index (κ1) is 13.6. The van der Waals surface area contributed by atoms with E-state index in [9.17, 15) is 4.79 Å². The first-order valence-electron chi connectivity index (χ1n) is 6.39. The summed E-state index contributed by atoms with van der Waals surface area (Å²) in [4.78, 5) is 19.5. The van der Waals surface area contributed by atoms with Crippen LogP contribution in [0, 0.1) is 0 Å². The molecular weight excluding hydrogens is 284 g/mol. The molecule has 4 nitrogen and oxygen atoms in total. The van der Waals surface area contributed by atoms with Gasteiger partial charge in [0.1, 0.15) is 0 Å². The molecule has 0 saturated carbocycles. The summed E-state index contributed by atoms with van der Waals surface area (Å²) in [5.41, 5.74) is 2.38. The van der Waals surface area contributed by atoms with E-state index in [4.69, 9.17) is 5.11 Å². The summed E-state index contributed by atoms with van der Waals surface area (Å²) >= 11 is 1.52. The molecule has 0 saturated heterocycles. The van der Waals surface area contributed by atoms with Crippen LogP contribution in [0.15, 0.2) is 59.9 Å². The lowest BCUT2D eigenvalue weighted by Gasteiger charge is -2.06. The fourth-order valence-corrected chi connectivity index (χ4v) is 2.95. The predicted octanol–water partition coefficient (Wildman–Crippen LogP) is 3.62. The van der Waals surface area contributed by atoms with Crippen LogP contribution in [-0.2, 0) is 5.75 Å². The molecule has 0 fully saturated rings. The zero-order valence-corrected chi connectivity index (χ0v) is 11.9. The van der Waals surface area contributed by atoms with Gasteiger partial charge >= 0.3 is 5.97 Å². The maximum atomic E-state index is 11.0. The van der Waals surface area contributed by atoms with E-state index in [0.29, 0.717) is 5.03 Å². The van der Waals surface area contributed by atoms with Gasteiger partial charge in [-0.05, 0) is 29.8 Å². The van der Waals surface area contributed by atoms with Crippen molar-refractivity contribution in [3.63, 3.8) is 0 Å². The van der Waals surface area contributed by atoms with Crippen LogP contribution in [0.3, 0.4) is 0 Å². The van der Waals surface area contributed by atoms with Gasteiger partial charge in [-0.1, -0.05) is 18.2 Å². The molecule has 0 unspecified atom stereocenters. The number of fused-ring (bicyclic) bond motifs is 1. The van der Waals surface area contributed by atoms with Gasteiger partial charge in [-0.2, -0.15) is 0 Å². The molecule has 2 aromatic heterocycles. The number of nitrogens with zero attached hydrogens (tertiary/aromatic N) is 2. The monoisotopic (exact) mass is 296 g/mol. The average molecular weight is 296 g/mol. The average Bonchev–Trinajstić information content (AvgIpc) is 2.53. The number of aromatic nitrogens is 2. The molecule has 0 amide bonds. The number of carboxylic acids is 1. The number of carboxylic acid groups (broad SMARTS) is 1. The van der Waals surface area contributed by atoms with Gasteiger partial charge in [0.25, 0.3) is 0 Å². The van der Waals surface area contributed by atoms with Gasteiger partial charge in [0.2, 0.25) is 0 Å². The zero-order valence-electron chi connectivity index (χ0n) is 11.1. The maximum absolute atomic E-state index is 11.0. The number of pyridine rings is 2. The third kappa shape index (κ3) is 3.03. The van der Waals surface area contributed by atoms with Crippen molar-refractivity contribution >= 4 is 28.6 Å². The molecule has 2 heterocycles. The first-order valence-corrected chi connectivity index (χ1v) is 7.37. The lowest BCUT2D eigenvalue weighted by molar-refractivity contribution is 0.0696. The molecule has 21 heavy (non-hydrogen) atoms. The maximum Gasteiger partial charge on any atom is 0.335 e. The smallest absolute Gasteiger partial charge is 0.335 e. The summed E-state index contributed by atoms with van der Waals surface area (Å²) in [7, 11) is 0. The van der Waals surface area contributed by atoms with E-state index >= 15 is 0 Å². The highest BCUT2D eigenvalue weighted by atomic mass is 32.2. The summed E-state index contributed by atoms with van der Waals surface area (Å²) in [6.45, 7) is 0. The highest BCUT2D eigenvalue weighted by molar-refractivity contribution is 7.98. The van der Waals surface area contributed by atoms with Crippen molar-refractivity contribution < 1.29 is 9.90 Å². The van der Waals surface area contributed by atoms with E-state index in [1.807, 2.05) is 30.3 Å². The summed E-state index contributed by atoms with van der Waals surface area (Å²) in [5.74, 6) is -0.215. The summed E-state index contributed by atoms with van der Waals surface area (Å²) in [6.07, 6.45) is 3.32. The van der Waals surface area contributed by atoms with Crippen LogP contribution in [0.4, 0.5) is 0 Å². The van der Waals surface area contributed by atoms with Gasteiger partial charge in [-0.25, -0.2) is 9.78 Å². The second-order valence-electron chi connectivity index (χ2n) is 4.46. The Labute approximate surface area is 125 Å². The third-order valence-corrected chi connectivity index (χ3v) is 4.07. The molecule has 0 radical (unpaired) electrons. The van der Waals surface area contributed by atoms with Crippen LogP contribution in [0.5, 0.6) is 0 Å². The minimum Gasteiger partial charge on any atom is -0.478 e. The highest BCUT2D eigenvalue weighted by Gasteiger charge is 2.06. The largest absolute Gasteiger partial charge is 0.478 e.